The second-order valence-corrected chi connectivity index (χ2v) is 7.76. The first-order valence-corrected chi connectivity index (χ1v) is 9.68. The number of aryl methyl sites for hydroxylation is 2. The van der Waals surface area contributed by atoms with Gasteiger partial charge in [-0.2, -0.15) is 0 Å². The fraction of sp³-hybridized carbons (Fsp3) is 0.409. The fourth-order valence-corrected chi connectivity index (χ4v) is 3.85. The molecule has 0 radical (unpaired) electrons. The van der Waals surface area contributed by atoms with Gasteiger partial charge in [-0.25, -0.2) is 0 Å². The van der Waals surface area contributed by atoms with Crippen LogP contribution in [0.25, 0.3) is 10.9 Å². The van der Waals surface area contributed by atoms with Crippen molar-refractivity contribution in [3.63, 3.8) is 0 Å². The van der Waals surface area contributed by atoms with Crippen molar-refractivity contribution in [3.05, 3.63) is 58.7 Å². The molecule has 2 N–H and O–H groups in total. The second kappa shape index (κ2) is 7.24. The van der Waals surface area contributed by atoms with Crippen molar-refractivity contribution in [2.24, 2.45) is 0 Å². The zero-order valence-electron chi connectivity index (χ0n) is 16.3. The lowest BCUT2D eigenvalue weighted by Gasteiger charge is -2.22. The molecule has 3 heterocycles. The maximum atomic E-state index is 12.7. The van der Waals surface area contributed by atoms with Crippen molar-refractivity contribution >= 4 is 16.8 Å². The standard InChI is InChI=1S/C22H27N3O2/c1-14(4-7-17-8-5-15(2)27-17)23-22(26)16-6-9-20-18(12-16)19-13-25(3)11-10-21(19)24-20/h5-6,8-9,12,14,24H,4,7,10-11,13H2,1-3H3,(H,23,26). The summed E-state index contributed by atoms with van der Waals surface area (Å²) >= 11 is 0. The number of nitrogens with zero attached hydrogens (tertiary/aromatic N) is 1. The molecular formula is C22H27N3O2. The van der Waals surface area contributed by atoms with E-state index in [1.165, 1.54) is 16.6 Å². The highest BCUT2D eigenvalue weighted by molar-refractivity contribution is 5.99. The number of rotatable bonds is 5. The average Bonchev–Trinajstić information content (AvgIpc) is 3.22. The molecule has 0 aliphatic carbocycles. The van der Waals surface area contributed by atoms with Gasteiger partial charge in [0, 0.05) is 54.1 Å². The van der Waals surface area contributed by atoms with Gasteiger partial charge in [-0.15, -0.1) is 0 Å². The van der Waals surface area contributed by atoms with Gasteiger partial charge in [0.25, 0.3) is 5.91 Å². The molecule has 1 aliphatic heterocycles. The van der Waals surface area contributed by atoms with Crippen LogP contribution < -0.4 is 5.32 Å². The van der Waals surface area contributed by atoms with E-state index < -0.39 is 0 Å². The highest BCUT2D eigenvalue weighted by atomic mass is 16.3. The number of carbonyl (C=O) groups excluding carboxylic acids is 1. The summed E-state index contributed by atoms with van der Waals surface area (Å²) in [7, 11) is 2.14. The first kappa shape index (κ1) is 17.9. The molecule has 0 bridgehead atoms. The predicted molar refractivity (Wildman–Crippen MR) is 107 cm³/mol. The molecule has 1 unspecified atom stereocenters. The van der Waals surface area contributed by atoms with E-state index in [4.69, 9.17) is 4.42 Å². The Morgan fingerprint density at radius 2 is 2.19 bits per heavy atom. The molecule has 0 fully saturated rings. The zero-order valence-corrected chi connectivity index (χ0v) is 16.3. The summed E-state index contributed by atoms with van der Waals surface area (Å²) in [5, 5.41) is 4.29. The summed E-state index contributed by atoms with van der Waals surface area (Å²) in [5.41, 5.74) is 4.48. The monoisotopic (exact) mass is 365 g/mol. The number of nitrogens with one attached hydrogen (secondary N) is 2. The zero-order chi connectivity index (χ0) is 19.0. The molecule has 2 aromatic heterocycles. The number of aromatic nitrogens is 1. The van der Waals surface area contributed by atoms with E-state index in [2.05, 4.69) is 22.2 Å². The number of carbonyl (C=O) groups is 1. The van der Waals surface area contributed by atoms with Crippen LogP contribution in [-0.2, 0) is 19.4 Å². The smallest absolute Gasteiger partial charge is 0.251 e. The molecule has 5 nitrogen and oxygen atoms in total. The van der Waals surface area contributed by atoms with Gasteiger partial charge in [0.05, 0.1) is 0 Å². The number of hydrogen-bond donors (Lipinski definition) is 2. The molecule has 0 spiro atoms. The quantitative estimate of drug-likeness (QED) is 0.723. The van der Waals surface area contributed by atoms with Gasteiger partial charge >= 0.3 is 0 Å². The van der Waals surface area contributed by atoms with Crippen molar-refractivity contribution < 1.29 is 9.21 Å². The van der Waals surface area contributed by atoms with Gasteiger partial charge < -0.3 is 19.6 Å². The number of fused-ring (bicyclic) bond motifs is 3. The fourth-order valence-electron chi connectivity index (χ4n) is 3.85. The van der Waals surface area contributed by atoms with Gasteiger partial charge in [0.1, 0.15) is 11.5 Å². The lowest BCUT2D eigenvalue weighted by atomic mass is 10.0. The molecule has 1 aromatic carbocycles. The number of benzene rings is 1. The number of aromatic amines is 1. The molecule has 1 atom stereocenters. The third kappa shape index (κ3) is 3.78. The average molecular weight is 365 g/mol. The third-order valence-corrected chi connectivity index (χ3v) is 5.43. The maximum absolute atomic E-state index is 12.7. The SMILES string of the molecule is Cc1ccc(CCC(C)NC(=O)c2ccc3[nH]c4c(c3c2)CN(C)CC4)o1. The number of hydrogen-bond acceptors (Lipinski definition) is 3. The molecule has 1 amide bonds. The van der Waals surface area contributed by atoms with Crippen molar-refractivity contribution in [1.29, 1.82) is 0 Å². The Morgan fingerprint density at radius 3 is 2.96 bits per heavy atom. The summed E-state index contributed by atoms with van der Waals surface area (Å²) in [6, 6.07) is 10.0. The van der Waals surface area contributed by atoms with Crippen LogP contribution in [0.4, 0.5) is 0 Å². The minimum absolute atomic E-state index is 0.0147. The molecule has 4 rings (SSSR count). The van der Waals surface area contributed by atoms with Gasteiger partial charge in [0.2, 0.25) is 0 Å². The highest BCUT2D eigenvalue weighted by Crippen LogP contribution is 2.28. The summed E-state index contributed by atoms with van der Waals surface area (Å²) in [4.78, 5) is 18.5. The van der Waals surface area contributed by atoms with Crippen LogP contribution in [0.5, 0.6) is 0 Å². The van der Waals surface area contributed by atoms with Crippen LogP contribution in [0.15, 0.2) is 34.7 Å². The van der Waals surface area contributed by atoms with Crippen LogP contribution in [-0.4, -0.2) is 35.4 Å². The van der Waals surface area contributed by atoms with Crippen LogP contribution in [0.2, 0.25) is 0 Å². The van der Waals surface area contributed by atoms with E-state index in [-0.39, 0.29) is 11.9 Å². The Morgan fingerprint density at radius 1 is 1.33 bits per heavy atom. The van der Waals surface area contributed by atoms with E-state index in [0.717, 1.165) is 55.0 Å². The van der Waals surface area contributed by atoms with Gasteiger partial charge in [0.15, 0.2) is 0 Å². The van der Waals surface area contributed by atoms with Crippen molar-refractivity contribution in [1.82, 2.24) is 15.2 Å². The number of furan rings is 1. The largest absolute Gasteiger partial charge is 0.466 e. The Kier molecular flexibility index (Phi) is 4.79. The molecular weight excluding hydrogens is 338 g/mol. The van der Waals surface area contributed by atoms with E-state index in [0.29, 0.717) is 0 Å². The summed E-state index contributed by atoms with van der Waals surface area (Å²) in [6.07, 6.45) is 2.71. The maximum Gasteiger partial charge on any atom is 0.251 e. The molecule has 0 saturated heterocycles. The normalized spacial score (nSPS) is 15.7. The van der Waals surface area contributed by atoms with Crippen molar-refractivity contribution in [2.45, 2.75) is 45.7 Å². The number of likely N-dealkylation sites (N-methyl/N-ethyl adjacent to an activating group) is 1. The first-order valence-electron chi connectivity index (χ1n) is 9.68. The van der Waals surface area contributed by atoms with Crippen molar-refractivity contribution in [2.75, 3.05) is 13.6 Å². The van der Waals surface area contributed by atoms with E-state index in [9.17, 15) is 4.79 Å². The van der Waals surface area contributed by atoms with Crippen LogP contribution in [0.3, 0.4) is 0 Å². The molecule has 27 heavy (non-hydrogen) atoms. The van der Waals surface area contributed by atoms with E-state index in [1.807, 2.05) is 44.2 Å². The van der Waals surface area contributed by atoms with Crippen molar-refractivity contribution in [3.8, 4) is 0 Å². The molecule has 5 heteroatoms. The lowest BCUT2D eigenvalue weighted by Crippen LogP contribution is -2.32. The first-order chi connectivity index (χ1) is 13.0. The minimum Gasteiger partial charge on any atom is -0.466 e. The Hall–Kier alpha value is -2.53. The second-order valence-electron chi connectivity index (χ2n) is 7.76. The number of amides is 1. The molecule has 3 aromatic rings. The van der Waals surface area contributed by atoms with E-state index in [1.54, 1.807) is 0 Å². The Balaban J connectivity index is 1.45. The Bertz CT molecular complexity index is 969. The lowest BCUT2D eigenvalue weighted by molar-refractivity contribution is 0.0938. The topological polar surface area (TPSA) is 61.3 Å². The third-order valence-electron chi connectivity index (χ3n) is 5.43. The summed E-state index contributed by atoms with van der Waals surface area (Å²) in [5.74, 6) is 1.88. The van der Waals surface area contributed by atoms with Crippen LogP contribution >= 0.6 is 0 Å². The minimum atomic E-state index is -0.0147. The molecule has 1 aliphatic rings. The molecule has 0 saturated carbocycles. The van der Waals surface area contributed by atoms with Crippen LogP contribution in [0, 0.1) is 6.92 Å². The van der Waals surface area contributed by atoms with Gasteiger partial charge in [-0.3, -0.25) is 4.79 Å². The Labute approximate surface area is 159 Å². The van der Waals surface area contributed by atoms with E-state index >= 15 is 0 Å². The number of H-pyrrole nitrogens is 1. The van der Waals surface area contributed by atoms with Crippen LogP contribution in [0.1, 0.15) is 46.5 Å². The van der Waals surface area contributed by atoms with Gasteiger partial charge in [-0.1, -0.05) is 0 Å². The van der Waals surface area contributed by atoms with Gasteiger partial charge in [-0.05, 0) is 63.2 Å². The molecule has 142 valence electrons. The summed E-state index contributed by atoms with van der Waals surface area (Å²) in [6.45, 7) is 5.99. The predicted octanol–water partition coefficient (Wildman–Crippen LogP) is 3.81. The highest BCUT2D eigenvalue weighted by Gasteiger charge is 2.19. The summed E-state index contributed by atoms with van der Waals surface area (Å²) < 4.78 is 5.60.